The molecule has 120 valence electrons. The molecule has 0 bridgehead atoms. The van der Waals surface area contributed by atoms with Crippen LogP contribution in [-0.4, -0.2) is 20.8 Å². The minimum atomic E-state index is -0.280. The number of hydrogen-bond donors (Lipinski definition) is 0. The van der Waals surface area contributed by atoms with Crippen molar-refractivity contribution in [3.63, 3.8) is 0 Å². The standard InChI is InChI=1S/C20H16FNOSe/c1-20(2)15-5-3-4-6-17(15)22(19-10-8-14(12-23)24-19)18-9-7-13(21)11-16(18)20/h3-12H,1-2H3. The zero-order valence-electron chi connectivity index (χ0n) is 13.4. The van der Waals surface area contributed by atoms with Crippen LogP contribution < -0.4 is 4.90 Å². The molecule has 0 aliphatic carbocycles. The SMILES string of the molecule is CC1(C)c2ccccc2N(c2ccc(C=O)[se]2)c2ccc(F)cc21. The van der Waals surface area contributed by atoms with Crippen molar-refractivity contribution in [3.8, 4) is 0 Å². The van der Waals surface area contributed by atoms with Crippen LogP contribution in [0.4, 0.5) is 20.3 Å². The molecule has 0 saturated carbocycles. The van der Waals surface area contributed by atoms with E-state index in [2.05, 4.69) is 30.9 Å². The average molecular weight is 384 g/mol. The minimum absolute atomic E-state index is 0.0397. The summed E-state index contributed by atoms with van der Waals surface area (Å²) < 4.78 is 15.9. The number of aldehydes is 1. The first-order chi connectivity index (χ1) is 11.5. The summed E-state index contributed by atoms with van der Waals surface area (Å²) in [5, 5.41) is 0. The molecule has 0 unspecified atom stereocenters. The normalized spacial score (nSPS) is 14.9. The Morgan fingerprint density at radius 1 is 1.00 bits per heavy atom. The van der Waals surface area contributed by atoms with Crippen LogP contribution in [0.2, 0.25) is 0 Å². The van der Waals surface area contributed by atoms with Gasteiger partial charge in [0.2, 0.25) is 0 Å². The van der Waals surface area contributed by atoms with E-state index in [1.165, 1.54) is 11.6 Å². The zero-order valence-corrected chi connectivity index (χ0v) is 15.1. The van der Waals surface area contributed by atoms with E-state index in [4.69, 9.17) is 0 Å². The Bertz CT molecular complexity index is 944. The zero-order chi connectivity index (χ0) is 16.9. The number of nitrogens with zero attached hydrogens (tertiary/aromatic N) is 1. The number of halogens is 1. The molecule has 0 fully saturated rings. The van der Waals surface area contributed by atoms with Crippen molar-refractivity contribution in [3.05, 3.63) is 76.0 Å². The number of rotatable bonds is 2. The monoisotopic (exact) mass is 385 g/mol. The summed E-state index contributed by atoms with van der Waals surface area (Å²) in [6.07, 6.45) is 0.925. The van der Waals surface area contributed by atoms with Gasteiger partial charge in [-0.05, 0) is 0 Å². The molecule has 3 aromatic rings. The third-order valence-electron chi connectivity index (χ3n) is 4.64. The Labute approximate surface area is 146 Å². The topological polar surface area (TPSA) is 20.3 Å². The average Bonchev–Trinajstić information content (AvgIpc) is 3.05. The van der Waals surface area contributed by atoms with Gasteiger partial charge in [0.25, 0.3) is 0 Å². The van der Waals surface area contributed by atoms with Crippen LogP contribution in [0.25, 0.3) is 0 Å². The van der Waals surface area contributed by atoms with Crippen LogP contribution in [0.3, 0.4) is 0 Å². The summed E-state index contributed by atoms with van der Waals surface area (Å²) in [7, 11) is 0. The summed E-state index contributed by atoms with van der Waals surface area (Å²) in [6, 6.07) is 17.1. The fraction of sp³-hybridized carbons (Fsp3) is 0.150. The molecule has 0 spiro atoms. The third-order valence-corrected chi connectivity index (χ3v) is 6.73. The van der Waals surface area contributed by atoms with Crippen LogP contribution in [-0.2, 0) is 5.41 Å². The first kappa shape index (κ1) is 15.4. The predicted octanol–water partition coefficient (Wildman–Crippen LogP) is 4.80. The second kappa shape index (κ2) is 5.44. The predicted molar refractivity (Wildman–Crippen MR) is 95.5 cm³/mol. The van der Waals surface area contributed by atoms with E-state index in [0.717, 1.165) is 32.2 Å². The molecule has 1 aliphatic rings. The number of benzene rings is 2. The van der Waals surface area contributed by atoms with E-state index >= 15 is 0 Å². The molecule has 1 aromatic heterocycles. The maximum atomic E-state index is 13.9. The second-order valence-electron chi connectivity index (χ2n) is 6.43. The molecule has 1 aliphatic heterocycles. The quantitative estimate of drug-likeness (QED) is 0.467. The van der Waals surface area contributed by atoms with Crippen molar-refractivity contribution in [2.45, 2.75) is 19.3 Å². The molecule has 0 radical (unpaired) electrons. The van der Waals surface area contributed by atoms with Gasteiger partial charge in [-0.25, -0.2) is 0 Å². The molecule has 2 heterocycles. The van der Waals surface area contributed by atoms with Gasteiger partial charge in [0, 0.05) is 0 Å². The van der Waals surface area contributed by atoms with Crippen molar-refractivity contribution in [2.24, 2.45) is 0 Å². The Morgan fingerprint density at radius 2 is 1.75 bits per heavy atom. The van der Waals surface area contributed by atoms with Crippen molar-refractivity contribution in [2.75, 3.05) is 4.90 Å². The fourth-order valence-corrected chi connectivity index (χ4v) is 5.22. The van der Waals surface area contributed by atoms with E-state index in [1.807, 2.05) is 30.3 Å². The van der Waals surface area contributed by atoms with Gasteiger partial charge in [0.1, 0.15) is 0 Å². The van der Waals surface area contributed by atoms with E-state index in [9.17, 15) is 9.18 Å². The fourth-order valence-electron chi connectivity index (χ4n) is 3.44. The number of carbonyl (C=O) groups is 1. The van der Waals surface area contributed by atoms with Crippen LogP contribution in [0.15, 0.2) is 54.6 Å². The third kappa shape index (κ3) is 2.18. The van der Waals surface area contributed by atoms with Gasteiger partial charge in [-0.1, -0.05) is 0 Å². The van der Waals surface area contributed by atoms with E-state index in [1.54, 1.807) is 6.07 Å². The number of fused-ring (bicyclic) bond motifs is 2. The van der Waals surface area contributed by atoms with Crippen LogP contribution in [0, 0.1) is 5.82 Å². The van der Waals surface area contributed by atoms with Crippen molar-refractivity contribution in [1.29, 1.82) is 0 Å². The number of anilines is 3. The molecule has 0 amide bonds. The Balaban J connectivity index is 2.03. The molecular weight excluding hydrogens is 368 g/mol. The summed E-state index contributed by atoms with van der Waals surface area (Å²) in [5.74, 6) is -0.223. The van der Waals surface area contributed by atoms with Crippen molar-refractivity contribution in [1.82, 2.24) is 0 Å². The van der Waals surface area contributed by atoms with Crippen molar-refractivity contribution >= 4 is 36.7 Å². The first-order valence-electron chi connectivity index (χ1n) is 7.77. The van der Waals surface area contributed by atoms with Crippen LogP contribution in [0.5, 0.6) is 0 Å². The molecule has 24 heavy (non-hydrogen) atoms. The van der Waals surface area contributed by atoms with E-state index in [0.29, 0.717) is 0 Å². The summed E-state index contributed by atoms with van der Waals surface area (Å²) in [6.45, 7) is 4.26. The van der Waals surface area contributed by atoms with Crippen LogP contribution in [0.1, 0.15) is 34.2 Å². The number of carbonyl (C=O) groups excluding carboxylic acids is 1. The first-order valence-corrected chi connectivity index (χ1v) is 9.48. The molecular formula is C20H16FNOSe. The maximum absolute atomic E-state index is 13.9. The summed E-state index contributed by atoms with van der Waals surface area (Å²) in [5.41, 5.74) is 3.96. The van der Waals surface area contributed by atoms with Gasteiger partial charge in [0.15, 0.2) is 0 Å². The molecule has 0 saturated heterocycles. The van der Waals surface area contributed by atoms with Gasteiger partial charge in [-0.15, -0.1) is 0 Å². The Hall–Kier alpha value is -2.16. The van der Waals surface area contributed by atoms with Crippen LogP contribution >= 0.6 is 0 Å². The number of hydrogen-bond acceptors (Lipinski definition) is 2. The molecule has 4 heteroatoms. The van der Waals surface area contributed by atoms with Gasteiger partial charge in [-0.3, -0.25) is 0 Å². The summed E-state index contributed by atoms with van der Waals surface area (Å²) >= 11 is -0.0397. The number of para-hydroxylation sites is 1. The van der Waals surface area contributed by atoms with Gasteiger partial charge < -0.3 is 0 Å². The molecule has 0 atom stereocenters. The van der Waals surface area contributed by atoms with E-state index in [-0.39, 0.29) is 25.7 Å². The van der Waals surface area contributed by atoms with Gasteiger partial charge in [-0.2, -0.15) is 0 Å². The Morgan fingerprint density at radius 3 is 2.50 bits per heavy atom. The molecule has 0 N–H and O–H groups in total. The Kier molecular flexibility index (Phi) is 3.48. The van der Waals surface area contributed by atoms with Gasteiger partial charge in [0.05, 0.1) is 0 Å². The molecule has 2 nitrogen and oxygen atoms in total. The second-order valence-corrected chi connectivity index (χ2v) is 8.73. The summed E-state index contributed by atoms with van der Waals surface area (Å²) in [4.78, 5) is 13.3. The van der Waals surface area contributed by atoms with E-state index < -0.39 is 0 Å². The molecule has 2 aromatic carbocycles. The molecule has 4 rings (SSSR count). The van der Waals surface area contributed by atoms with Gasteiger partial charge >= 0.3 is 146 Å². The van der Waals surface area contributed by atoms with Crippen molar-refractivity contribution < 1.29 is 9.18 Å².